The van der Waals surface area contributed by atoms with Gasteiger partial charge in [0.1, 0.15) is 11.6 Å². The first-order valence-electron chi connectivity index (χ1n) is 13.3. The van der Waals surface area contributed by atoms with Gasteiger partial charge in [0.05, 0.1) is 12.1 Å². The number of benzene rings is 2. The van der Waals surface area contributed by atoms with Gasteiger partial charge in [0.2, 0.25) is 0 Å². The van der Waals surface area contributed by atoms with E-state index < -0.39 is 12.2 Å². The van der Waals surface area contributed by atoms with Crippen LogP contribution in [-0.2, 0) is 11.2 Å². The Morgan fingerprint density at radius 1 is 1.06 bits per heavy atom. The molecule has 3 nitrogen and oxygen atoms in total. The summed E-state index contributed by atoms with van der Waals surface area (Å²) < 4.78 is 33.1. The molecular formula is C29H31FN2O. The summed E-state index contributed by atoms with van der Waals surface area (Å²) in [4.78, 5) is 16.8. The van der Waals surface area contributed by atoms with Crippen molar-refractivity contribution in [3.63, 3.8) is 0 Å². The zero-order valence-corrected chi connectivity index (χ0v) is 18.8. The fourth-order valence-corrected chi connectivity index (χ4v) is 5.91. The lowest BCUT2D eigenvalue weighted by Gasteiger charge is -2.46. The van der Waals surface area contributed by atoms with Crippen LogP contribution in [-0.4, -0.2) is 22.9 Å². The zero-order chi connectivity index (χ0) is 24.2. The SMILES string of the molecule is [2H]C([2H])(c1ccc(-c2ccc3cccnc3c2)cc1F)C1CCC2(CC1)CC(C1CC1)C(=O)CN2. The van der Waals surface area contributed by atoms with E-state index in [1.807, 2.05) is 36.4 Å². The van der Waals surface area contributed by atoms with Crippen molar-refractivity contribution in [2.24, 2.45) is 17.8 Å². The molecule has 0 amide bonds. The van der Waals surface area contributed by atoms with Crippen LogP contribution in [0.4, 0.5) is 4.39 Å². The Kier molecular flexibility index (Phi) is 4.74. The van der Waals surface area contributed by atoms with Gasteiger partial charge >= 0.3 is 0 Å². The number of rotatable bonds is 4. The van der Waals surface area contributed by atoms with E-state index in [1.165, 1.54) is 18.9 Å². The Balaban J connectivity index is 1.19. The normalized spacial score (nSPS) is 29.2. The summed E-state index contributed by atoms with van der Waals surface area (Å²) in [5.74, 6) is 0.359. The zero-order valence-electron chi connectivity index (χ0n) is 20.8. The lowest BCUT2D eigenvalue weighted by atomic mass is 9.68. The van der Waals surface area contributed by atoms with E-state index in [1.54, 1.807) is 12.3 Å². The number of ketones is 1. The van der Waals surface area contributed by atoms with Gasteiger partial charge < -0.3 is 5.32 Å². The summed E-state index contributed by atoms with van der Waals surface area (Å²) in [6, 6.07) is 14.6. The summed E-state index contributed by atoms with van der Waals surface area (Å²) >= 11 is 0. The maximum Gasteiger partial charge on any atom is 0.150 e. The first kappa shape index (κ1) is 18.8. The molecule has 6 rings (SSSR count). The maximum atomic E-state index is 15.3. The monoisotopic (exact) mass is 444 g/mol. The highest BCUT2D eigenvalue weighted by Gasteiger charge is 2.47. The van der Waals surface area contributed by atoms with Crippen LogP contribution in [0, 0.1) is 23.6 Å². The molecule has 1 aromatic heterocycles. The van der Waals surface area contributed by atoms with E-state index in [0.29, 0.717) is 31.1 Å². The van der Waals surface area contributed by atoms with Gasteiger partial charge in [-0.25, -0.2) is 4.39 Å². The van der Waals surface area contributed by atoms with Crippen molar-refractivity contribution in [2.45, 2.75) is 56.9 Å². The summed E-state index contributed by atoms with van der Waals surface area (Å²) in [7, 11) is 0. The number of hydrogen-bond donors (Lipinski definition) is 1. The molecule has 33 heavy (non-hydrogen) atoms. The van der Waals surface area contributed by atoms with Crippen molar-refractivity contribution in [2.75, 3.05) is 6.54 Å². The number of nitrogens with one attached hydrogen (secondary N) is 1. The van der Waals surface area contributed by atoms with Crippen molar-refractivity contribution in [1.29, 1.82) is 0 Å². The lowest BCUT2D eigenvalue weighted by Crippen LogP contribution is -2.56. The average molecular weight is 445 g/mol. The number of carbonyl (C=O) groups is 1. The van der Waals surface area contributed by atoms with Gasteiger partial charge in [-0.15, -0.1) is 0 Å². The third kappa shape index (κ3) is 4.21. The minimum absolute atomic E-state index is 0.0553. The molecule has 3 fully saturated rings. The van der Waals surface area contributed by atoms with Crippen LogP contribution >= 0.6 is 0 Å². The van der Waals surface area contributed by atoms with Gasteiger partial charge in [-0.3, -0.25) is 9.78 Å². The number of hydrogen-bond acceptors (Lipinski definition) is 3. The smallest absolute Gasteiger partial charge is 0.150 e. The van der Waals surface area contributed by atoms with Crippen molar-refractivity contribution in [3.8, 4) is 11.1 Å². The Morgan fingerprint density at radius 3 is 2.64 bits per heavy atom. The highest BCUT2D eigenvalue weighted by Crippen LogP contribution is 2.47. The molecule has 3 aliphatic rings. The lowest BCUT2D eigenvalue weighted by molar-refractivity contribution is -0.126. The Bertz CT molecular complexity index is 1280. The molecule has 2 aliphatic carbocycles. The number of piperidine rings is 1. The highest BCUT2D eigenvalue weighted by molar-refractivity contribution is 5.85. The van der Waals surface area contributed by atoms with Gasteiger partial charge in [-0.2, -0.15) is 0 Å². The molecule has 1 atom stereocenters. The molecule has 1 aliphatic heterocycles. The van der Waals surface area contributed by atoms with Crippen LogP contribution in [0.25, 0.3) is 22.0 Å². The second-order valence-electron chi connectivity index (χ2n) is 10.3. The van der Waals surface area contributed by atoms with Gasteiger partial charge in [0, 0.05) is 25.8 Å². The number of Topliss-reactive ketones (excluding diaryl/α,β-unsaturated/α-hetero) is 1. The van der Waals surface area contributed by atoms with E-state index in [9.17, 15) is 4.79 Å². The Hall–Kier alpha value is -2.59. The maximum absolute atomic E-state index is 15.3. The number of fused-ring (bicyclic) bond motifs is 1. The van der Waals surface area contributed by atoms with Crippen LogP contribution in [0.3, 0.4) is 0 Å². The van der Waals surface area contributed by atoms with Crippen LogP contribution in [0.5, 0.6) is 0 Å². The van der Waals surface area contributed by atoms with Crippen LogP contribution < -0.4 is 5.32 Å². The van der Waals surface area contributed by atoms with Gasteiger partial charge in [-0.05, 0) is 98.0 Å². The molecule has 1 unspecified atom stereocenters. The third-order valence-electron chi connectivity index (χ3n) is 8.06. The quantitative estimate of drug-likeness (QED) is 0.529. The van der Waals surface area contributed by atoms with E-state index in [-0.39, 0.29) is 22.9 Å². The number of halogens is 1. The van der Waals surface area contributed by atoms with Crippen molar-refractivity contribution in [1.82, 2.24) is 10.3 Å². The van der Waals surface area contributed by atoms with Gasteiger partial charge in [0.25, 0.3) is 0 Å². The second kappa shape index (κ2) is 8.32. The molecule has 1 spiro atoms. The van der Waals surface area contributed by atoms with E-state index >= 15 is 4.39 Å². The second-order valence-corrected chi connectivity index (χ2v) is 10.3. The number of pyridine rings is 1. The molecule has 2 aromatic carbocycles. The van der Waals surface area contributed by atoms with Crippen LogP contribution in [0.2, 0.25) is 0 Å². The summed E-state index contributed by atoms with van der Waals surface area (Å²) in [5, 5.41) is 4.53. The standard InChI is InChI=1S/C29H31FN2O/c30-26-15-22(23-6-5-21-2-1-13-31-27(21)16-23)7-8-24(26)14-19-9-11-29(12-10-19)17-25(20-3-4-20)28(33)18-32-29/h1-2,5-8,13,15-16,19-20,25,32H,3-4,9-12,14,17-18H2/i14D2. The van der Waals surface area contributed by atoms with E-state index in [4.69, 9.17) is 2.74 Å². The molecule has 170 valence electrons. The summed E-state index contributed by atoms with van der Waals surface area (Å²) in [6.45, 7) is 0.444. The topological polar surface area (TPSA) is 42.0 Å². The Morgan fingerprint density at radius 2 is 1.85 bits per heavy atom. The van der Waals surface area contributed by atoms with E-state index in [2.05, 4.69) is 10.3 Å². The highest BCUT2D eigenvalue weighted by atomic mass is 19.1. The predicted molar refractivity (Wildman–Crippen MR) is 129 cm³/mol. The summed E-state index contributed by atoms with van der Waals surface area (Å²) in [6.07, 6.45) is 6.31. The molecule has 0 radical (unpaired) electrons. The fraction of sp³-hybridized carbons (Fsp3) is 0.448. The van der Waals surface area contributed by atoms with E-state index in [0.717, 1.165) is 41.3 Å². The number of carbonyl (C=O) groups excluding carboxylic acids is 1. The Labute approximate surface area is 197 Å². The first-order chi connectivity index (χ1) is 16.8. The van der Waals surface area contributed by atoms with Crippen LogP contribution in [0.15, 0.2) is 54.7 Å². The molecule has 1 N–H and O–H groups in total. The molecular weight excluding hydrogens is 411 g/mol. The van der Waals surface area contributed by atoms with Crippen molar-refractivity contribution < 1.29 is 11.9 Å². The molecule has 4 heteroatoms. The molecule has 3 aromatic rings. The van der Waals surface area contributed by atoms with Crippen molar-refractivity contribution >= 4 is 16.7 Å². The average Bonchev–Trinajstić information content (AvgIpc) is 3.71. The van der Waals surface area contributed by atoms with Gasteiger partial charge in [-0.1, -0.05) is 30.3 Å². The minimum Gasteiger partial charge on any atom is -0.304 e. The molecule has 1 saturated heterocycles. The van der Waals surface area contributed by atoms with Crippen molar-refractivity contribution in [3.05, 3.63) is 66.1 Å². The first-order valence-corrected chi connectivity index (χ1v) is 12.3. The number of aromatic nitrogens is 1. The van der Waals surface area contributed by atoms with Crippen LogP contribution in [0.1, 0.15) is 53.3 Å². The molecule has 0 bridgehead atoms. The third-order valence-corrected chi connectivity index (χ3v) is 8.06. The predicted octanol–water partition coefficient (Wildman–Crippen LogP) is 6.10. The largest absolute Gasteiger partial charge is 0.304 e. The molecule has 2 saturated carbocycles. The van der Waals surface area contributed by atoms with Gasteiger partial charge in [0.15, 0.2) is 0 Å². The minimum atomic E-state index is -1.74. The summed E-state index contributed by atoms with van der Waals surface area (Å²) in [5.41, 5.74) is 2.52. The number of nitrogens with zero attached hydrogens (tertiary/aromatic N) is 1. The molecule has 2 heterocycles. The fourth-order valence-electron chi connectivity index (χ4n) is 5.91.